The summed E-state index contributed by atoms with van der Waals surface area (Å²) >= 11 is 0. The van der Waals surface area contributed by atoms with Crippen molar-refractivity contribution in [3.8, 4) is 0 Å². The van der Waals surface area contributed by atoms with Crippen molar-refractivity contribution < 1.29 is 9.59 Å². The quantitative estimate of drug-likeness (QED) is 0.829. The first-order valence-corrected chi connectivity index (χ1v) is 9.75. The third-order valence-corrected chi connectivity index (χ3v) is 4.88. The van der Waals surface area contributed by atoms with Crippen LogP contribution in [0.1, 0.15) is 71.1 Å². The molecule has 7 heteroatoms. The first-order chi connectivity index (χ1) is 13.4. The lowest BCUT2D eigenvalue weighted by Gasteiger charge is -2.26. The zero-order valence-electron chi connectivity index (χ0n) is 16.4. The number of rotatable bonds is 5. The summed E-state index contributed by atoms with van der Waals surface area (Å²) in [5.74, 6) is 0.0243. The first-order valence-electron chi connectivity index (χ1n) is 9.75. The number of carbonyl (C=O) groups excluding carboxylic acids is 2. The maximum Gasteiger partial charge on any atom is 0.270 e. The summed E-state index contributed by atoms with van der Waals surface area (Å²) in [4.78, 5) is 35.0. The molecule has 1 aliphatic rings. The molecular weight excluding hydrogens is 354 g/mol. The normalized spacial score (nSPS) is 14.2. The fourth-order valence-corrected chi connectivity index (χ4v) is 3.22. The minimum absolute atomic E-state index is 0.0768. The molecule has 1 saturated heterocycles. The predicted molar refractivity (Wildman–Crippen MR) is 108 cm³/mol. The zero-order valence-corrected chi connectivity index (χ0v) is 16.4. The van der Waals surface area contributed by atoms with Crippen LogP contribution < -0.4 is 11.1 Å². The maximum atomic E-state index is 12.5. The average molecular weight is 381 g/mol. The van der Waals surface area contributed by atoms with Gasteiger partial charge in [0.2, 0.25) is 5.95 Å². The first kappa shape index (κ1) is 19.8. The van der Waals surface area contributed by atoms with Gasteiger partial charge in [-0.05, 0) is 48.9 Å². The minimum Gasteiger partial charge on any atom is -0.368 e. The number of hydrogen-bond acceptors (Lipinski definition) is 5. The van der Waals surface area contributed by atoms with Crippen LogP contribution in [0.25, 0.3) is 0 Å². The second kappa shape index (κ2) is 8.82. The molecule has 0 unspecified atom stereocenters. The molecule has 0 radical (unpaired) electrons. The molecule has 148 valence electrons. The van der Waals surface area contributed by atoms with Crippen molar-refractivity contribution in [3.63, 3.8) is 0 Å². The Hall–Kier alpha value is -2.96. The Morgan fingerprint density at radius 3 is 2.43 bits per heavy atom. The smallest absolute Gasteiger partial charge is 0.270 e. The van der Waals surface area contributed by atoms with E-state index in [1.165, 1.54) is 6.42 Å². The topological polar surface area (TPSA) is 101 Å². The lowest BCUT2D eigenvalue weighted by atomic mass is 10.1. The number of benzene rings is 1. The minimum atomic E-state index is -0.301. The number of hydrogen-bond donors (Lipinski definition) is 2. The van der Waals surface area contributed by atoms with E-state index in [2.05, 4.69) is 15.3 Å². The number of nitrogens with one attached hydrogen (secondary N) is 1. The van der Waals surface area contributed by atoms with Crippen LogP contribution in [0.4, 0.5) is 5.95 Å². The molecule has 0 bridgehead atoms. The molecule has 0 aliphatic carbocycles. The van der Waals surface area contributed by atoms with Crippen LogP contribution in [0.5, 0.6) is 0 Å². The highest BCUT2D eigenvalue weighted by Crippen LogP contribution is 2.15. The van der Waals surface area contributed by atoms with Crippen LogP contribution in [-0.4, -0.2) is 39.8 Å². The van der Waals surface area contributed by atoms with Crippen molar-refractivity contribution in [2.24, 2.45) is 0 Å². The van der Waals surface area contributed by atoms with E-state index in [9.17, 15) is 9.59 Å². The van der Waals surface area contributed by atoms with Crippen LogP contribution in [-0.2, 0) is 6.54 Å². The number of aromatic nitrogens is 2. The van der Waals surface area contributed by atoms with Gasteiger partial charge < -0.3 is 16.0 Å². The average Bonchev–Trinajstić information content (AvgIpc) is 2.72. The fraction of sp³-hybridized carbons (Fsp3) is 0.429. The monoisotopic (exact) mass is 381 g/mol. The maximum absolute atomic E-state index is 12.5. The number of carbonyl (C=O) groups is 2. The third-order valence-electron chi connectivity index (χ3n) is 4.88. The molecule has 1 aromatic heterocycles. The molecular formula is C21H27N5O2. The van der Waals surface area contributed by atoms with Crippen molar-refractivity contribution in [1.29, 1.82) is 0 Å². The summed E-state index contributed by atoms with van der Waals surface area (Å²) in [6.45, 7) is 5.97. The van der Waals surface area contributed by atoms with Crippen molar-refractivity contribution in [3.05, 3.63) is 52.8 Å². The molecule has 1 fully saturated rings. The van der Waals surface area contributed by atoms with E-state index in [-0.39, 0.29) is 29.4 Å². The van der Waals surface area contributed by atoms with E-state index in [1.54, 1.807) is 6.07 Å². The van der Waals surface area contributed by atoms with Gasteiger partial charge in [0.1, 0.15) is 5.69 Å². The summed E-state index contributed by atoms with van der Waals surface area (Å²) in [7, 11) is 0. The second-order valence-corrected chi connectivity index (χ2v) is 7.42. The lowest BCUT2D eigenvalue weighted by molar-refractivity contribution is 0.0724. The number of piperidine rings is 1. The van der Waals surface area contributed by atoms with Gasteiger partial charge in [-0.2, -0.15) is 0 Å². The van der Waals surface area contributed by atoms with E-state index >= 15 is 0 Å². The van der Waals surface area contributed by atoms with E-state index < -0.39 is 0 Å². The fourth-order valence-electron chi connectivity index (χ4n) is 3.22. The van der Waals surface area contributed by atoms with Crippen LogP contribution in [0.3, 0.4) is 0 Å². The number of amides is 2. The van der Waals surface area contributed by atoms with Gasteiger partial charge in [-0.3, -0.25) is 9.59 Å². The Bertz CT molecular complexity index is 842. The van der Waals surface area contributed by atoms with Gasteiger partial charge in [-0.15, -0.1) is 0 Å². The van der Waals surface area contributed by atoms with E-state index in [1.807, 2.05) is 43.0 Å². The van der Waals surface area contributed by atoms with Gasteiger partial charge in [-0.25, -0.2) is 9.97 Å². The SMILES string of the molecule is CC(C)c1cc(C(=O)NCc2ccc(C(=O)N3CCCCC3)cc2)nc(N)n1. The van der Waals surface area contributed by atoms with Gasteiger partial charge in [0.25, 0.3) is 11.8 Å². The largest absolute Gasteiger partial charge is 0.368 e. The van der Waals surface area contributed by atoms with Gasteiger partial charge >= 0.3 is 0 Å². The summed E-state index contributed by atoms with van der Waals surface area (Å²) in [5, 5.41) is 2.84. The zero-order chi connectivity index (χ0) is 20.1. The van der Waals surface area contributed by atoms with Gasteiger partial charge in [0.05, 0.1) is 0 Å². The standard InChI is InChI=1S/C21H27N5O2/c1-14(2)17-12-18(25-21(22)24-17)19(27)23-13-15-6-8-16(9-7-15)20(28)26-10-4-3-5-11-26/h6-9,12,14H,3-5,10-11,13H2,1-2H3,(H,23,27)(H2,22,24,25). The molecule has 2 amide bonds. The Morgan fingerprint density at radius 2 is 1.79 bits per heavy atom. The van der Waals surface area contributed by atoms with E-state index in [4.69, 9.17) is 5.73 Å². The van der Waals surface area contributed by atoms with Crippen molar-refractivity contribution >= 4 is 17.8 Å². The summed E-state index contributed by atoms with van der Waals surface area (Å²) in [5.41, 5.74) is 8.30. The second-order valence-electron chi connectivity index (χ2n) is 7.42. The number of nitrogens with zero attached hydrogens (tertiary/aromatic N) is 3. The molecule has 3 rings (SSSR count). The molecule has 1 aliphatic heterocycles. The number of likely N-dealkylation sites (tertiary alicyclic amines) is 1. The Balaban J connectivity index is 1.60. The molecule has 0 spiro atoms. The summed E-state index contributed by atoms with van der Waals surface area (Å²) < 4.78 is 0. The third kappa shape index (κ3) is 4.85. The van der Waals surface area contributed by atoms with Crippen molar-refractivity contribution in [2.75, 3.05) is 18.8 Å². The van der Waals surface area contributed by atoms with Gasteiger partial charge in [-0.1, -0.05) is 26.0 Å². The number of anilines is 1. The van der Waals surface area contributed by atoms with Crippen LogP contribution in [0.2, 0.25) is 0 Å². The van der Waals surface area contributed by atoms with Crippen molar-refractivity contribution in [2.45, 2.75) is 45.6 Å². The molecule has 1 aromatic carbocycles. The Kier molecular flexibility index (Phi) is 6.23. The van der Waals surface area contributed by atoms with Gasteiger partial charge in [0.15, 0.2) is 0 Å². The Morgan fingerprint density at radius 1 is 1.11 bits per heavy atom. The highest BCUT2D eigenvalue weighted by molar-refractivity contribution is 5.94. The molecule has 7 nitrogen and oxygen atoms in total. The van der Waals surface area contributed by atoms with Crippen LogP contribution in [0, 0.1) is 0 Å². The molecule has 0 saturated carbocycles. The summed E-state index contributed by atoms with van der Waals surface area (Å²) in [6.07, 6.45) is 3.34. The highest BCUT2D eigenvalue weighted by atomic mass is 16.2. The Labute approximate surface area is 165 Å². The number of nitrogen functional groups attached to an aromatic ring is 1. The van der Waals surface area contributed by atoms with E-state index in [0.717, 1.165) is 37.2 Å². The van der Waals surface area contributed by atoms with Gasteiger partial charge in [0, 0.05) is 30.9 Å². The highest BCUT2D eigenvalue weighted by Gasteiger charge is 2.18. The molecule has 28 heavy (non-hydrogen) atoms. The summed E-state index contributed by atoms with van der Waals surface area (Å²) in [6, 6.07) is 9.03. The number of nitrogens with two attached hydrogens (primary N) is 1. The molecule has 3 N–H and O–H groups in total. The van der Waals surface area contributed by atoms with Crippen LogP contribution in [0.15, 0.2) is 30.3 Å². The predicted octanol–water partition coefficient (Wildman–Crippen LogP) is 2.74. The molecule has 2 heterocycles. The van der Waals surface area contributed by atoms with E-state index in [0.29, 0.717) is 12.1 Å². The molecule has 2 aromatic rings. The molecule has 0 atom stereocenters. The lowest BCUT2D eigenvalue weighted by Crippen LogP contribution is -2.35. The van der Waals surface area contributed by atoms with Crippen LogP contribution >= 0.6 is 0 Å². The van der Waals surface area contributed by atoms with Crippen molar-refractivity contribution in [1.82, 2.24) is 20.2 Å².